The van der Waals surface area contributed by atoms with Crippen molar-refractivity contribution in [2.75, 3.05) is 13.1 Å². The second kappa shape index (κ2) is 8.02. The summed E-state index contributed by atoms with van der Waals surface area (Å²) in [6.07, 6.45) is 15.4. The van der Waals surface area contributed by atoms with Crippen molar-refractivity contribution in [2.24, 2.45) is 5.92 Å². The van der Waals surface area contributed by atoms with Crippen molar-refractivity contribution in [3.63, 3.8) is 0 Å². The molecule has 2 aliphatic rings. The molecule has 2 aromatic heterocycles. The van der Waals surface area contributed by atoms with Gasteiger partial charge >= 0.3 is 0 Å². The first-order chi connectivity index (χ1) is 12.8. The van der Waals surface area contributed by atoms with E-state index in [0.29, 0.717) is 5.91 Å². The Morgan fingerprint density at radius 1 is 1.19 bits per heavy atom. The number of aryl methyl sites for hydroxylation is 2. The van der Waals surface area contributed by atoms with Gasteiger partial charge in [0.1, 0.15) is 0 Å². The number of imidazole rings is 1. The molecule has 1 aliphatic heterocycles. The number of likely N-dealkylation sites (tertiary alicyclic amines) is 1. The third-order valence-corrected chi connectivity index (χ3v) is 6.01. The molecule has 0 radical (unpaired) electrons. The Balaban J connectivity index is 1.27. The molecule has 5 heteroatoms. The van der Waals surface area contributed by atoms with Gasteiger partial charge in [0.15, 0.2) is 0 Å². The molecule has 4 rings (SSSR count). The highest BCUT2D eigenvalue weighted by Crippen LogP contribution is 2.33. The summed E-state index contributed by atoms with van der Waals surface area (Å²) in [6, 6.07) is 4.12. The van der Waals surface area contributed by atoms with Gasteiger partial charge in [-0.25, -0.2) is 4.98 Å². The van der Waals surface area contributed by atoms with E-state index in [1.54, 1.807) is 0 Å². The summed E-state index contributed by atoms with van der Waals surface area (Å²) in [4.78, 5) is 23.8. The molecule has 1 atom stereocenters. The van der Waals surface area contributed by atoms with Gasteiger partial charge in [0.05, 0.1) is 17.9 Å². The third-order valence-electron chi connectivity index (χ3n) is 6.01. The summed E-state index contributed by atoms with van der Waals surface area (Å²) in [5.74, 6) is 1.04. The predicted octanol–water partition coefficient (Wildman–Crippen LogP) is 3.42. The van der Waals surface area contributed by atoms with Gasteiger partial charge < -0.3 is 9.47 Å². The molecule has 1 saturated heterocycles. The van der Waals surface area contributed by atoms with Gasteiger partial charge in [0, 0.05) is 38.2 Å². The highest BCUT2D eigenvalue weighted by molar-refractivity contribution is 5.84. The molecule has 26 heavy (non-hydrogen) atoms. The lowest BCUT2D eigenvalue weighted by atomic mass is 9.84. The number of hydrogen-bond acceptors (Lipinski definition) is 3. The first-order valence-corrected chi connectivity index (χ1v) is 9.99. The van der Waals surface area contributed by atoms with Gasteiger partial charge in [-0.2, -0.15) is 0 Å². The molecule has 3 heterocycles. The molecule has 0 aromatic carbocycles. The lowest BCUT2D eigenvalue weighted by molar-refractivity contribution is -0.134. The lowest BCUT2D eigenvalue weighted by Crippen LogP contribution is -2.42. The number of hydrogen-bond donors (Lipinski definition) is 0. The fraction of sp³-hybridized carbons (Fsp3) is 0.571. The molecule has 5 nitrogen and oxygen atoms in total. The van der Waals surface area contributed by atoms with Gasteiger partial charge in [-0.15, -0.1) is 0 Å². The molecule has 1 amide bonds. The lowest BCUT2D eigenvalue weighted by Gasteiger charge is -2.35. The number of aromatic nitrogens is 3. The molecule has 0 N–H and O–H groups in total. The van der Waals surface area contributed by atoms with Gasteiger partial charge in [-0.05, 0) is 62.5 Å². The van der Waals surface area contributed by atoms with Crippen LogP contribution in [0.4, 0.5) is 0 Å². The normalized spacial score (nSPS) is 20.8. The quantitative estimate of drug-likeness (QED) is 0.828. The van der Waals surface area contributed by atoms with Crippen LogP contribution < -0.4 is 0 Å². The van der Waals surface area contributed by atoms with Crippen molar-refractivity contribution in [1.82, 2.24) is 19.4 Å². The monoisotopic (exact) mass is 352 g/mol. The highest BCUT2D eigenvalue weighted by Gasteiger charge is 2.32. The first kappa shape index (κ1) is 17.3. The Labute approximate surface area is 155 Å². The SMILES string of the molecule is O=C(C1CCCc2cccnc21)N1CCC(CCCn2ccnc2)CC1. The van der Waals surface area contributed by atoms with Crippen molar-refractivity contribution in [3.05, 3.63) is 48.3 Å². The average Bonchev–Trinajstić information content (AvgIpc) is 3.21. The van der Waals surface area contributed by atoms with Crippen molar-refractivity contribution in [1.29, 1.82) is 0 Å². The van der Waals surface area contributed by atoms with Crippen molar-refractivity contribution < 1.29 is 4.79 Å². The Morgan fingerprint density at radius 2 is 2.08 bits per heavy atom. The zero-order chi connectivity index (χ0) is 17.8. The van der Waals surface area contributed by atoms with E-state index in [9.17, 15) is 4.79 Å². The molecular weight excluding hydrogens is 324 g/mol. The van der Waals surface area contributed by atoms with Crippen LogP contribution in [0.15, 0.2) is 37.1 Å². The molecule has 2 aromatic rings. The van der Waals surface area contributed by atoms with E-state index in [0.717, 1.165) is 63.4 Å². The molecule has 0 saturated carbocycles. The third kappa shape index (κ3) is 3.81. The molecule has 1 fully saturated rings. The van der Waals surface area contributed by atoms with Crippen LogP contribution in [-0.4, -0.2) is 38.4 Å². The number of carbonyl (C=O) groups is 1. The van der Waals surface area contributed by atoms with Crippen LogP contribution in [0.2, 0.25) is 0 Å². The molecule has 0 spiro atoms. The number of nitrogens with zero attached hydrogens (tertiary/aromatic N) is 4. The number of carbonyl (C=O) groups excluding carboxylic acids is 1. The van der Waals surface area contributed by atoms with E-state index in [-0.39, 0.29) is 5.92 Å². The summed E-state index contributed by atoms with van der Waals surface area (Å²) in [5.41, 5.74) is 2.30. The largest absolute Gasteiger partial charge is 0.342 e. The van der Waals surface area contributed by atoms with Gasteiger partial charge in [-0.3, -0.25) is 9.78 Å². The summed E-state index contributed by atoms with van der Waals surface area (Å²) < 4.78 is 2.15. The van der Waals surface area contributed by atoms with Gasteiger partial charge in [0.2, 0.25) is 5.91 Å². The van der Waals surface area contributed by atoms with Crippen molar-refractivity contribution >= 4 is 5.91 Å². The predicted molar refractivity (Wildman–Crippen MR) is 101 cm³/mol. The zero-order valence-corrected chi connectivity index (χ0v) is 15.4. The fourth-order valence-electron chi connectivity index (χ4n) is 4.49. The van der Waals surface area contributed by atoms with Crippen LogP contribution in [0.1, 0.15) is 55.7 Å². The highest BCUT2D eigenvalue weighted by atomic mass is 16.2. The maximum atomic E-state index is 13.1. The molecular formula is C21H28N4O. The van der Waals surface area contributed by atoms with E-state index < -0.39 is 0 Å². The molecule has 0 bridgehead atoms. The summed E-state index contributed by atoms with van der Waals surface area (Å²) >= 11 is 0. The average molecular weight is 352 g/mol. The minimum Gasteiger partial charge on any atom is -0.342 e. The van der Waals surface area contributed by atoms with Crippen LogP contribution in [-0.2, 0) is 17.8 Å². The number of rotatable bonds is 5. The summed E-state index contributed by atoms with van der Waals surface area (Å²) in [6.45, 7) is 2.87. The van der Waals surface area contributed by atoms with Crippen LogP contribution >= 0.6 is 0 Å². The maximum Gasteiger partial charge on any atom is 0.231 e. The van der Waals surface area contributed by atoms with Crippen molar-refractivity contribution in [2.45, 2.75) is 57.4 Å². The van der Waals surface area contributed by atoms with Crippen LogP contribution in [0.3, 0.4) is 0 Å². The minimum atomic E-state index is -0.0160. The molecule has 1 unspecified atom stereocenters. The Kier molecular flexibility index (Phi) is 5.32. The van der Waals surface area contributed by atoms with Gasteiger partial charge in [-0.1, -0.05) is 6.07 Å². The van der Waals surface area contributed by atoms with Crippen molar-refractivity contribution in [3.8, 4) is 0 Å². The zero-order valence-electron chi connectivity index (χ0n) is 15.4. The summed E-state index contributed by atoms with van der Waals surface area (Å²) in [7, 11) is 0. The van der Waals surface area contributed by atoms with Gasteiger partial charge in [0.25, 0.3) is 0 Å². The van der Waals surface area contributed by atoms with Crippen LogP contribution in [0, 0.1) is 5.92 Å². The topological polar surface area (TPSA) is 51.0 Å². The van der Waals surface area contributed by atoms with Crippen LogP contribution in [0.25, 0.3) is 0 Å². The van der Waals surface area contributed by atoms with E-state index in [1.807, 2.05) is 31.0 Å². The van der Waals surface area contributed by atoms with Crippen LogP contribution in [0.5, 0.6) is 0 Å². The second-order valence-electron chi connectivity index (χ2n) is 7.70. The number of piperidine rings is 1. The van der Waals surface area contributed by atoms with E-state index in [2.05, 4.69) is 25.5 Å². The summed E-state index contributed by atoms with van der Waals surface area (Å²) in [5, 5.41) is 0. The standard InChI is InChI=1S/C21H28N4O/c26-21(19-7-1-5-18-6-2-10-23-20(18)19)25-13-8-17(9-14-25)4-3-12-24-15-11-22-16-24/h2,6,10-11,15-17,19H,1,3-5,7-9,12-14H2. The maximum absolute atomic E-state index is 13.1. The smallest absolute Gasteiger partial charge is 0.231 e. The Morgan fingerprint density at radius 3 is 2.88 bits per heavy atom. The number of amides is 1. The fourth-order valence-corrected chi connectivity index (χ4v) is 4.49. The molecule has 1 aliphatic carbocycles. The molecule has 138 valence electrons. The second-order valence-corrected chi connectivity index (χ2v) is 7.70. The van der Waals surface area contributed by atoms with E-state index >= 15 is 0 Å². The number of pyridine rings is 1. The van der Waals surface area contributed by atoms with E-state index in [1.165, 1.54) is 18.4 Å². The Bertz CT molecular complexity index is 719. The Hall–Kier alpha value is -2.17. The van der Waals surface area contributed by atoms with E-state index in [4.69, 9.17) is 0 Å². The minimum absolute atomic E-state index is 0.0160. The first-order valence-electron chi connectivity index (χ1n) is 9.99. The number of fused-ring (bicyclic) bond motifs is 1.